The van der Waals surface area contributed by atoms with Crippen molar-refractivity contribution in [3.8, 4) is 0 Å². The Morgan fingerprint density at radius 3 is 1.94 bits per heavy atom. The molecule has 0 aromatic rings. The molecule has 0 radical (unpaired) electrons. The summed E-state index contributed by atoms with van der Waals surface area (Å²) >= 11 is 0. The lowest BCUT2D eigenvalue weighted by Gasteiger charge is -1.97. The van der Waals surface area contributed by atoms with Gasteiger partial charge in [0, 0.05) is 0 Å². The number of unbranched alkanes of at least 4 members (excludes halogenated alkanes) is 6. The SMILES string of the molecule is CCCC=CCOC/C=C\CCCCCCC. The zero-order valence-electron chi connectivity index (χ0n) is 11.8. The van der Waals surface area contributed by atoms with E-state index < -0.39 is 0 Å². The van der Waals surface area contributed by atoms with Gasteiger partial charge in [0.05, 0.1) is 13.2 Å². The number of hydrogen-bond acceptors (Lipinski definition) is 1. The van der Waals surface area contributed by atoms with E-state index in [2.05, 4.69) is 38.2 Å². The van der Waals surface area contributed by atoms with Gasteiger partial charge in [-0.05, 0) is 19.3 Å². The van der Waals surface area contributed by atoms with Crippen LogP contribution in [0.25, 0.3) is 0 Å². The average Bonchev–Trinajstić information content (AvgIpc) is 2.35. The maximum atomic E-state index is 5.45. The topological polar surface area (TPSA) is 9.23 Å². The molecule has 0 N–H and O–H groups in total. The molecule has 0 rings (SSSR count). The largest absolute Gasteiger partial charge is 0.373 e. The molecule has 0 saturated carbocycles. The minimum absolute atomic E-state index is 0.751. The summed E-state index contributed by atoms with van der Waals surface area (Å²) in [6, 6.07) is 0. The van der Waals surface area contributed by atoms with E-state index in [0.717, 1.165) is 19.6 Å². The first-order chi connectivity index (χ1) is 8.41. The Labute approximate surface area is 108 Å². The van der Waals surface area contributed by atoms with Crippen LogP contribution in [0, 0.1) is 0 Å². The minimum Gasteiger partial charge on any atom is -0.373 e. The van der Waals surface area contributed by atoms with E-state index in [-0.39, 0.29) is 0 Å². The van der Waals surface area contributed by atoms with Crippen LogP contribution in [-0.2, 0) is 4.74 Å². The summed E-state index contributed by atoms with van der Waals surface area (Å²) < 4.78 is 5.45. The zero-order valence-corrected chi connectivity index (χ0v) is 11.8. The Morgan fingerprint density at radius 1 is 0.647 bits per heavy atom. The lowest BCUT2D eigenvalue weighted by atomic mass is 10.1. The molecule has 0 aromatic carbocycles. The van der Waals surface area contributed by atoms with Gasteiger partial charge in [0.1, 0.15) is 0 Å². The highest BCUT2D eigenvalue weighted by molar-refractivity contribution is 4.84. The van der Waals surface area contributed by atoms with E-state index in [1.165, 1.54) is 44.9 Å². The summed E-state index contributed by atoms with van der Waals surface area (Å²) in [5.74, 6) is 0. The fraction of sp³-hybridized carbons (Fsp3) is 0.750. The second-order valence-electron chi connectivity index (χ2n) is 4.47. The maximum Gasteiger partial charge on any atom is 0.0651 e. The van der Waals surface area contributed by atoms with Crippen LogP contribution in [0.5, 0.6) is 0 Å². The Balaban J connectivity index is 3.09. The molecular weight excluding hydrogens is 208 g/mol. The van der Waals surface area contributed by atoms with Crippen LogP contribution < -0.4 is 0 Å². The van der Waals surface area contributed by atoms with Crippen LogP contribution in [0.4, 0.5) is 0 Å². The van der Waals surface area contributed by atoms with Gasteiger partial charge in [0.15, 0.2) is 0 Å². The fourth-order valence-electron chi connectivity index (χ4n) is 1.61. The van der Waals surface area contributed by atoms with Gasteiger partial charge in [-0.1, -0.05) is 70.3 Å². The van der Waals surface area contributed by atoms with Crippen molar-refractivity contribution in [2.24, 2.45) is 0 Å². The smallest absolute Gasteiger partial charge is 0.0651 e. The normalized spacial score (nSPS) is 11.9. The number of allylic oxidation sites excluding steroid dienone is 2. The third-order valence-electron chi connectivity index (χ3n) is 2.69. The lowest BCUT2D eigenvalue weighted by molar-refractivity contribution is 0.193. The third-order valence-corrected chi connectivity index (χ3v) is 2.69. The molecule has 1 nitrogen and oxygen atoms in total. The molecule has 17 heavy (non-hydrogen) atoms. The van der Waals surface area contributed by atoms with Gasteiger partial charge in [-0.2, -0.15) is 0 Å². The molecule has 0 aromatic heterocycles. The van der Waals surface area contributed by atoms with E-state index in [0.29, 0.717) is 0 Å². The van der Waals surface area contributed by atoms with Crippen molar-refractivity contribution in [1.29, 1.82) is 0 Å². The van der Waals surface area contributed by atoms with E-state index >= 15 is 0 Å². The number of rotatable bonds is 12. The molecule has 100 valence electrons. The molecule has 0 aliphatic carbocycles. The number of hydrogen-bond donors (Lipinski definition) is 0. The predicted molar refractivity (Wildman–Crippen MR) is 77.4 cm³/mol. The zero-order chi connectivity index (χ0) is 12.6. The Hall–Kier alpha value is -0.560. The van der Waals surface area contributed by atoms with Crippen LogP contribution in [0.1, 0.15) is 65.2 Å². The van der Waals surface area contributed by atoms with E-state index in [4.69, 9.17) is 4.74 Å². The van der Waals surface area contributed by atoms with Crippen LogP contribution >= 0.6 is 0 Å². The van der Waals surface area contributed by atoms with Crippen molar-refractivity contribution in [3.63, 3.8) is 0 Å². The molecule has 0 amide bonds. The molecule has 0 fully saturated rings. The quantitative estimate of drug-likeness (QED) is 0.332. The Bertz CT molecular complexity index is 182. The molecule has 0 unspecified atom stereocenters. The van der Waals surface area contributed by atoms with Gasteiger partial charge < -0.3 is 4.74 Å². The van der Waals surface area contributed by atoms with Gasteiger partial charge >= 0.3 is 0 Å². The first-order valence-corrected chi connectivity index (χ1v) is 7.29. The van der Waals surface area contributed by atoms with Gasteiger partial charge in [-0.15, -0.1) is 0 Å². The van der Waals surface area contributed by atoms with Crippen LogP contribution in [0.15, 0.2) is 24.3 Å². The third kappa shape index (κ3) is 15.4. The van der Waals surface area contributed by atoms with Crippen molar-refractivity contribution in [3.05, 3.63) is 24.3 Å². The van der Waals surface area contributed by atoms with E-state index in [1.54, 1.807) is 0 Å². The average molecular weight is 238 g/mol. The Morgan fingerprint density at radius 2 is 1.29 bits per heavy atom. The van der Waals surface area contributed by atoms with Gasteiger partial charge in [-0.3, -0.25) is 0 Å². The van der Waals surface area contributed by atoms with Crippen LogP contribution in [0.2, 0.25) is 0 Å². The van der Waals surface area contributed by atoms with Gasteiger partial charge in [0.25, 0.3) is 0 Å². The molecule has 0 atom stereocenters. The predicted octanol–water partition coefficient (Wildman–Crippen LogP) is 5.28. The highest BCUT2D eigenvalue weighted by atomic mass is 16.5. The highest BCUT2D eigenvalue weighted by Crippen LogP contribution is 2.05. The summed E-state index contributed by atoms with van der Waals surface area (Å²) in [4.78, 5) is 0. The summed E-state index contributed by atoms with van der Waals surface area (Å²) in [6.07, 6.45) is 19.1. The molecule has 0 heterocycles. The standard InChI is InChI=1S/C16H30O/c1-3-5-7-9-10-11-12-14-16-17-15-13-8-6-4-2/h8,12-14H,3-7,9-11,15-16H2,1-2H3/b13-8?,14-12-. The molecule has 0 aliphatic heterocycles. The molecule has 0 aliphatic rings. The molecule has 0 saturated heterocycles. The number of ether oxygens (including phenoxy) is 1. The summed E-state index contributed by atoms with van der Waals surface area (Å²) in [5.41, 5.74) is 0. The first-order valence-electron chi connectivity index (χ1n) is 7.29. The van der Waals surface area contributed by atoms with E-state index in [9.17, 15) is 0 Å². The second-order valence-corrected chi connectivity index (χ2v) is 4.47. The van der Waals surface area contributed by atoms with Crippen molar-refractivity contribution in [2.75, 3.05) is 13.2 Å². The molecule has 0 spiro atoms. The molecule has 1 heteroatoms. The van der Waals surface area contributed by atoms with Gasteiger partial charge in [-0.25, -0.2) is 0 Å². The monoisotopic (exact) mass is 238 g/mol. The lowest BCUT2D eigenvalue weighted by Crippen LogP contribution is -1.90. The second kappa shape index (κ2) is 15.4. The fourth-order valence-corrected chi connectivity index (χ4v) is 1.61. The van der Waals surface area contributed by atoms with Crippen molar-refractivity contribution < 1.29 is 4.74 Å². The molecule has 0 bridgehead atoms. The summed E-state index contributed by atoms with van der Waals surface area (Å²) in [7, 11) is 0. The van der Waals surface area contributed by atoms with Gasteiger partial charge in [0.2, 0.25) is 0 Å². The highest BCUT2D eigenvalue weighted by Gasteiger charge is 1.86. The van der Waals surface area contributed by atoms with Crippen LogP contribution in [-0.4, -0.2) is 13.2 Å². The molecular formula is C16H30O. The van der Waals surface area contributed by atoms with Crippen molar-refractivity contribution >= 4 is 0 Å². The Kier molecular flexibility index (Phi) is 14.9. The minimum atomic E-state index is 0.751. The van der Waals surface area contributed by atoms with Crippen molar-refractivity contribution in [2.45, 2.75) is 65.2 Å². The van der Waals surface area contributed by atoms with Crippen molar-refractivity contribution in [1.82, 2.24) is 0 Å². The summed E-state index contributed by atoms with van der Waals surface area (Å²) in [5, 5.41) is 0. The maximum absolute atomic E-state index is 5.45. The first kappa shape index (κ1) is 16.4. The summed E-state index contributed by atoms with van der Waals surface area (Å²) in [6.45, 7) is 5.95. The van der Waals surface area contributed by atoms with E-state index in [1.807, 2.05) is 0 Å². The van der Waals surface area contributed by atoms with Crippen LogP contribution in [0.3, 0.4) is 0 Å².